The molecular formula is C9H10O4. The zero-order valence-electron chi connectivity index (χ0n) is 6.97. The molecule has 5 atom stereocenters. The molecule has 0 unspecified atom stereocenters. The van der Waals surface area contributed by atoms with Crippen molar-refractivity contribution in [1.82, 2.24) is 0 Å². The van der Waals surface area contributed by atoms with Gasteiger partial charge in [0.1, 0.15) is 6.10 Å². The number of carbonyl (C=O) groups excluding carboxylic acids is 1. The summed E-state index contributed by atoms with van der Waals surface area (Å²) in [5.74, 6) is -1.50. The lowest BCUT2D eigenvalue weighted by molar-refractivity contribution is -0.151. The van der Waals surface area contributed by atoms with E-state index in [0.29, 0.717) is 0 Å². The number of ether oxygens (including phenoxy) is 1. The molecule has 0 aromatic carbocycles. The van der Waals surface area contributed by atoms with E-state index in [4.69, 9.17) is 9.84 Å². The molecule has 0 radical (unpaired) electrons. The quantitative estimate of drug-likeness (QED) is 0.591. The number of hydrogen-bond donors (Lipinski definition) is 1. The molecular weight excluding hydrogens is 172 g/mol. The van der Waals surface area contributed by atoms with E-state index in [-0.39, 0.29) is 29.8 Å². The zero-order chi connectivity index (χ0) is 9.16. The highest BCUT2D eigenvalue weighted by atomic mass is 16.6. The van der Waals surface area contributed by atoms with E-state index < -0.39 is 11.9 Å². The van der Waals surface area contributed by atoms with Gasteiger partial charge in [-0.15, -0.1) is 0 Å². The highest BCUT2D eigenvalue weighted by Gasteiger charge is 2.64. The van der Waals surface area contributed by atoms with Gasteiger partial charge in [-0.05, 0) is 18.8 Å². The summed E-state index contributed by atoms with van der Waals surface area (Å²) >= 11 is 0. The van der Waals surface area contributed by atoms with E-state index in [9.17, 15) is 9.59 Å². The van der Waals surface area contributed by atoms with Gasteiger partial charge in [-0.2, -0.15) is 0 Å². The molecule has 1 aliphatic heterocycles. The third-order valence-electron chi connectivity index (χ3n) is 3.77. The van der Waals surface area contributed by atoms with Gasteiger partial charge < -0.3 is 9.84 Å². The van der Waals surface area contributed by atoms with E-state index in [1.807, 2.05) is 0 Å². The largest absolute Gasteiger partial charge is 0.481 e. The molecule has 2 bridgehead atoms. The molecule has 1 N–H and O–H groups in total. The Morgan fingerprint density at radius 3 is 2.92 bits per heavy atom. The first-order chi connectivity index (χ1) is 6.18. The monoisotopic (exact) mass is 182 g/mol. The molecule has 3 rings (SSSR count). The van der Waals surface area contributed by atoms with Crippen molar-refractivity contribution in [3.8, 4) is 0 Å². The SMILES string of the molecule is O=C(O)[C@@H]1[C@H]2C[C@H]3[C@@H]1C(=O)O[C@H]3C2. The fourth-order valence-electron chi connectivity index (χ4n) is 3.34. The molecule has 2 saturated carbocycles. The van der Waals surface area contributed by atoms with Crippen LogP contribution in [0.4, 0.5) is 0 Å². The predicted octanol–water partition coefficient (Wildman–Crippen LogP) is 0.269. The lowest BCUT2D eigenvalue weighted by Crippen LogP contribution is -2.31. The number of esters is 1. The second-order valence-electron chi connectivity index (χ2n) is 4.26. The summed E-state index contributed by atoms with van der Waals surface area (Å²) in [4.78, 5) is 22.2. The fourth-order valence-corrected chi connectivity index (χ4v) is 3.34. The van der Waals surface area contributed by atoms with Crippen LogP contribution in [-0.2, 0) is 14.3 Å². The van der Waals surface area contributed by atoms with Crippen molar-refractivity contribution in [2.75, 3.05) is 0 Å². The van der Waals surface area contributed by atoms with Gasteiger partial charge >= 0.3 is 11.9 Å². The van der Waals surface area contributed by atoms with Crippen LogP contribution in [0.25, 0.3) is 0 Å². The maximum absolute atomic E-state index is 11.3. The number of hydrogen-bond acceptors (Lipinski definition) is 3. The lowest BCUT2D eigenvalue weighted by atomic mass is 9.80. The summed E-state index contributed by atoms with van der Waals surface area (Å²) in [7, 11) is 0. The maximum atomic E-state index is 11.3. The van der Waals surface area contributed by atoms with Crippen LogP contribution in [0, 0.1) is 23.7 Å². The summed E-state index contributed by atoms with van der Waals surface area (Å²) < 4.78 is 5.12. The van der Waals surface area contributed by atoms with Gasteiger partial charge in [0.15, 0.2) is 0 Å². The Balaban J connectivity index is 2.01. The second-order valence-corrected chi connectivity index (χ2v) is 4.26. The van der Waals surface area contributed by atoms with Crippen molar-refractivity contribution in [3.63, 3.8) is 0 Å². The third kappa shape index (κ3) is 0.716. The minimum absolute atomic E-state index is 0.0399. The normalized spacial score (nSPS) is 51.1. The number of fused-ring (bicyclic) bond motifs is 1. The van der Waals surface area contributed by atoms with Crippen molar-refractivity contribution >= 4 is 11.9 Å². The Hall–Kier alpha value is -1.06. The van der Waals surface area contributed by atoms with Gasteiger partial charge in [0.25, 0.3) is 0 Å². The molecule has 0 spiro atoms. The Bertz CT molecular complexity index is 296. The first-order valence-electron chi connectivity index (χ1n) is 4.62. The van der Waals surface area contributed by atoms with Gasteiger partial charge in [-0.3, -0.25) is 9.59 Å². The Labute approximate surface area is 74.9 Å². The molecule has 4 nitrogen and oxygen atoms in total. The average molecular weight is 182 g/mol. The number of carboxylic acid groups (broad SMARTS) is 1. The number of rotatable bonds is 1. The van der Waals surface area contributed by atoms with E-state index >= 15 is 0 Å². The van der Waals surface area contributed by atoms with Crippen molar-refractivity contribution in [3.05, 3.63) is 0 Å². The molecule has 1 heterocycles. The molecule has 1 saturated heterocycles. The van der Waals surface area contributed by atoms with Gasteiger partial charge in [0, 0.05) is 5.92 Å². The molecule has 3 fully saturated rings. The molecule has 0 aromatic rings. The first kappa shape index (κ1) is 7.35. The van der Waals surface area contributed by atoms with E-state index in [1.165, 1.54) is 0 Å². The Kier molecular flexibility index (Phi) is 1.16. The Morgan fingerprint density at radius 1 is 1.46 bits per heavy atom. The smallest absolute Gasteiger partial charge is 0.310 e. The number of carboxylic acids is 1. The highest BCUT2D eigenvalue weighted by molar-refractivity contribution is 5.84. The van der Waals surface area contributed by atoms with Crippen LogP contribution < -0.4 is 0 Å². The van der Waals surface area contributed by atoms with Crippen LogP contribution in [0.15, 0.2) is 0 Å². The van der Waals surface area contributed by atoms with E-state index in [1.54, 1.807) is 0 Å². The molecule has 70 valence electrons. The van der Waals surface area contributed by atoms with Gasteiger partial charge in [-0.25, -0.2) is 0 Å². The van der Waals surface area contributed by atoms with E-state index in [0.717, 1.165) is 12.8 Å². The minimum atomic E-state index is -0.824. The summed E-state index contributed by atoms with van der Waals surface area (Å²) in [6.07, 6.45) is 1.68. The molecule has 3 aliphatic rings. The third-order valence-corrected chi connectivity index (χ3v) is 3.77. The number of carbonyl (C=O) groups is 2. The van der Waals surface area contributed by atoms with Crippen LogP contribution >= 0.6 is 0 Å². The van der Waals surface area contributed by atoms with Crippen LogP contribution in [-0.4, -0.2) is 23.1 Å². The predicted molar refractivity (Wildman–Crippen MR) is 40.7 cm³/mol. The molecule has 2 aliphatic carbocycles. The summed E-state index contributed by atoms with van der Waals surface area (Å²) in [5, 5.41) is 8.97. The highest BCUT2D eigenvalue weighted by Crippen LogP contribution is 2.57. The minimum Gasteiger partial charge on any atom is -0.481 e. The van der Waals surface area contributed by atoms with Crippen LogP contribution in [0.5, 0.6) is 0 Å². The summed E-state index contributed by atoms with van der Waals surface area (Å²) in [6, 6.07) is 0. The molecule has 4 heteroatoms. The zero-order valence-corrected chi connectivity index (χ0v) is 6.97. The first-order valence-corrected chi connectivity index (χ1v) is 4.62. The van der Waals surface area contributed by atoms with Gasteiger partial charge in [0.2, 0.25) is 0 Å². The van der Waals surface area contributed by atoms with Crippen LogP contribution in [0.2, 0.25) is 0 Å². The van der Waals surface area contributed by atoms with Crippen molar-refractivity contribution in [2.45, 2.75) is 18.9 Å². The lowest BCUT2D eigenvalue weighted by Gasteiger charge is -2.19. The maximum Gasteiger partial charge on any atom is 0.310 e. The van der Waals surface area contributed by atoms with Crippen molar-refractivity contribution in [2.24, 2.45) is 23.7 Å². The standard InChI is InChI=1S/C9H10O4/c10-8(11)6-3-1-4-5(2-3)13-9(12)7(4)6/h3-7H,1-2H2,(H,10,11)/t3-,4+,5-,6+,7-/m0/s1. The van der Waals surface area contributed by atoms with Gasteiger partial charge in [-0.1, -0.05) is 0 Å². The summed E-state index contributed by atoms with van der Waals surface area (Å²) in [6.45, 7) is 0. The molecule has 13 heavy (non-hydrogen) atoms. The Morgan fingerprint density at radius 2 is 2.23 bits per heavy atom. The second kappa shape index (κ2) is 2.05. The molecule has 0 aromatic heterocycles. The van der Waals surface area contributed by atoms with E-state index in [2.05, 4.69) is 0 Å². The number of aliphatic carboxylic acids is 1. The van der Waals surface area contributed by atoms with Crippen molar-refractivity contribution in [1.29, 1.82) is 0 Å². The molecule has 0 amide bonds. The average Bonchev–Trinajstić information content (AvgIpc) is 2.60. The fraction of sp³-hybridized carbons (Fsp3) is 0.778. The topological polar surface area (TPSA) is 63.6 Å². The van der Waals surface area contributed by atoms with Crippen LogP contribution in [0.3, 0.4) is 0 Å². The van der Waals surface area contributed by atoms with Crippen molar-refractivity contribution < 1.29 is 19.4 Å². The summed E-state index contributed by atoms with van der Waals surface area (Å²) in [5.41, 5.74) is 0. The van der Waals surface area contributed by atoms with Crippen LogP contribution in [0.1, 0.15) is 12.8 Å². The van der Waals surface area contributed by atoms with Gasteiger partial charge in [0.05, 0.1) is 11.8 Å².